The molecule has 0 atom stereocenters. The Morgan fingerprint density at radius 3 is 2.53 bits per heavy atom. The van der Waals surface area contributed by atoms with Gasteiger partial charge in [0.05, 0.1) is 5.56 Å². The lowest BCUT2D eigenvalue weighted by molar-refractivity contribution is 0.0945. The molecule has 0 bridgehead atoms. The molecular formula is C24H21N3O3. The third-order valence-electron chi connectivity index (χ3n) is 4.68. The van der Waals surface area contributed by atoms with Gasteiger partial charge in [-0.15, -0.1) is 0 Å². The van der Waals surface area contributed by atoms with E-state index < -0.39 is 0 Å². The SMILES string of the molecule is Cc1ccccc1CNC(=O)c1ccccc1OCc1nc(-c2ccccc2)no1. The topological polar surface area (TPSA) is 77.2 Å². The van der Waals surface area contributed by atoms with Gasteiger partial charge in [0.15, 0.2) is 6.61 Å². The third kappa shape index (κ3) is 4.55. The van der Waals surface area contributed by atoms with Crippen molar-refractivity contribution in [3.63, 3.8) is 0 Å². The van der Waals surface area contributed by atoms with Gasteiger partial charge in [-0.3, -0.25) is 4.79 Å². The van der Waals surface area contributed by atoms with Crippen molar-refractivity contribution in [1.29, 1.82) is 0 Å². The third-order valence-corrected chi connectivity index (χ3v) is 4.68. The Balaban J connectivity index is 1.41. The Labute approximate surface area is 174 Å². The summed E-state index contributed by atoms with van der Waals surface area (Å²) >= 11 is 0. The summed E-state index contributed by atoms with van der Waals surface area (Å²) in [5.74, 6) is 1.09. The largest absolute Gasteiger partial charge is 0.483 e. The Hall–Kier alpha value is -3.93. The van der Waals surface area contributed by atoms with Crippen molar-refractivity contribution in [3.8, 4) is 17.1 Å². The second-order valence-corrected chi connectivity index (χ2v) is 6.77. The lowest BCUT2D eigenvalue weighted by Gasteiger charge is -2.11. The van der Waals surface area contributed by atoms with Gasteiger partial charge < -0.3 is 14.6 Å². The highest BCUT2D eigenvalue weighted by Crippen LogP contribution is 2.21. The number of carbonyl (C=O) groups is 1. The number of ether oxygens (including phenoxy) is 1. The van der Waals surface area contributed by atoms with Crippen LogP contribution in [0.15, 0.2) is 83.4 Å². The smallest absolute Gasteiger partial charge is 0.264 e. The molecule has 0 fully saturated rings. The van der Waals surface area contributed by atoms with E-state index in [9.17, 15) is 4.79 Å². The zero-order valence-electron chi connectivity index (χ0n) is 16.5. The van der Waals surface area contributed by atoms with Crippen LogP contribution in [0.2, 0.25) is 0 Å². The maximum Gasteiger partial charge on any atom is 0.264 e. The van der Waals surface area contributed by atoms with Crippen LogP contribution in [-0.4, -0.2) is 16.0 Å². The van der Waals surface area contributed by atoms with Crippen LogP contribution < -0.4 is 10.1 Å². The summed E-state index contributed by atoms with van der Waals surface area (Å²) in [6, 6.07) is 24.6. The van der Waals surface area contributed by atoms with Crippen LogP contribution in [0.4, 0.5) is 0 Å². The number of carbonyl (C=O) groups excluding carboxylic acids is 1. The lowest BCUT2D eigenvalue weighted by Crippen LogP contribution is -2.23. The average Bonchev–Trinajstić information content (AvgIpc) is 3.27. The molecule has 1 aromatic heterocycles. The van der Waals surface area contributed by atoms with Crippen molar-refractivity contribution in [2.45, 2.75) is 20.1 Å². The van der Waals surface area contributed by atoms with E-state index in [0.717, 1.165) is 16.7 Å². The van der Waals surface area contributed by atoms with Crippen molar-refractivity contribution in [2.24, 2.45) is 0 Å². The van der Waals surface area contributed by atoms with Gasteiger partial charge in [0.2, 0.25) is 5.82 Å². The number of para-hydroxylation sites is 1. The normalized spacial score (nSPS) is 10.6. The number of aryl methyl sites for hydroxylation is 1. The van der Waals surface area contributed by atoms with Crippen LogP contribution in [0.5, 0.6) is 5.75 Å². The van der Waals surface area contributed by atoms with Gasteiger partial charge >= 0.3 is 0 Å². The first-order valence-corrected chi connectivity index (χ1v) is 9.63. The van der Waals surface area contributed by atoms with Crippen molar-refractivity contribution >= 4 is 5.91 Å². The van der Waals surface area contributed by atoms with E-state index in [1.54, 1.807) is 18.2 Å². The van der Waals surface area contributed by atoms with Crippen molar-refractivity contribution in [2.75, 3.05) is 0 Å². The molecule has 0 radical (unpaired) electrons. The summed E-state index contributed by atoms with van der Waals surface area (Å²) in [6.45, 7) is 2.54. The number of hydrogen-bond acceptors (Lipinski definition) is 5. The van der Waals surface area contributed by atoms with Crippen LogP contribution in [0.3, 0.4) is 0 Å². The van der Waals surface area contributed by atoms with Gasteiger partial charge in [-0.2, -0.15) is 4.98 Å². The average molecular weight is 399 g/mol. The summed E-state index contributed by atoms with van der Waals surface area (Å²) in [5.41, 5.74) is 3.52. The molecule has 4 rings (SSSR count). The summed E-state index contributed by atoms with van der Waals surface area (Å²) in [4.78, 5) is 17.1. The van der Waals surface area contributed by atoms with E-state index in [2.05, 4.69) is 15.5 Å². The summed E-state index contributed by atoms with van der Waals surface area (Å²) in [6.07, 6.45) is 0. The predicted octanol–water partition coefficient (Wildman–Crippen LogP) is 4.55. The minimum Gasteiger partial charge on any atom is -0.483 e. The van der Waals surface area contributed by atoms with Crippen LogP contribution in [0.25, 0.3) is 11.4 Å². The number of benzene rings is 3. The first-order chi connectivity index (χ1) is 14.7. The fourth-order valence-corrected chi connectivity index (χ4v) is 3.02. The highest BCUT2D eigenvalue weighted by Gasteiger charge is 2.14. The van der Waals surface area contributed by atoms with Gasteiger partial charge in [0, 0.05) is 12.1 Å². The maximum atomic E-state index is 12.7. The van der Waals surface area contributed by atoms with Crippen molar-refractivity contribution in [1.82, 2.24) is 15.5 Å². The molecule has 0 unspecified atom stereocenters. The molecule has 0 saturated carbocycles. The Morgan fingerprint density at radius 1 is 0.967 bits per heavy atom. The standard InChI is InChI=1S/C24H21N3O3/c1-17-9-5-6-12-19(17)15-25-24(28)20-13-7-8-14-21(20)29-16-22-26-23(27-30-22)18-10-3-2-4-11-18/h2-14H,15-16H2,1H3,(H,25,28). The van der Waals surface area contributed by atoms with Gasteiger partial charge in [0.25, 0.3) is 11.8 Å². The van der Waals surface area contributed by atoms with Crippen LogP contribution in [-0.2, 0) is 13.2 Å². The van der Waals surface area contributed by atoms with E-state index >= 15 is 0 Å². The summed E-state index contributed by atoms with van der Waals surface area (Å²) in [7, 11) is 0. The fraction of sp³-hybridized carbons (Fsp3) is 0.125. The molecule has 0 aliphatic rings. The van der Waals surface area contributed by atoms with E-state index in [1.165, 1.54) is 0 Å². The number of rotatable bonds is 7. The monoisotopic (exact) mass is 399 g/mol. The first-order valence-electron chi connectivity index (χ1n) is 9.63. The van der Waals surface area contributed by atoms with E-state index in [1.807, 2.05) is 67.6 Å². The minimum atomic E-state index is -0.204. The van der Waals surface area contributed by atoms with Gasteiger partial charge in [0.1, 0.15) is 5.75 Å². The quantitative estimate of drug-likeness (QED) is 0.493. The highest BCUT2D eigenvalue weighted by molar-refractivity contribution is 5.96. The number of aromatic nitrogens is 2. The minimum absolute atomic E-state index is 0.0713. The van der Waals surface area contributed by atoms with E-state index in [0.29, 0.717) is 29.6 Å². The molecule has 150 valence electrons. The number of amides is 1. The molecular weight excluding hydrogens is 378 g/mol. The molecule has 3 aromatic carbocycles. The number of nitrogens with zero attached hydrogens (tertiary/aromatic N) is 2. The van der Waals surface area contributed by atoms with Gasteiger partial charge in [-0.1, -0.05) is 71.9 Å². The Bertz CT molecular complexity index is 1140. The molecule has 0 aliphatic heterocycles. The molecule has 1 heterocycles. The molecule has 1 amide bonds. The van der Waals surface area contributed by atoms with Crippen molar-refractivity contribution in [3.05, 3.63) is 101 Å². The van der Waals surface area contributed by atoms with Gasteiger partial charge in [-0.05, 0) is 30.2 Å². The first kappa shape index (κ1) is 19.4. The van der Waals surface area contributed by atoms with E-state index in [4.69, 9.17) is 9.26 Å². The second-order valence-electron chi connectivity index (χ2n) is 6.77. The molecule has 1 N–H and O–H groups in total. The van der Waals surface area contributed by atoms with Crippen LogP contribution in [0, 0.1) is 6.92 Å². The summed E-state index contributed by atoms with van der Waals surface area (Å²) < 4.78 is 11.1. The molecule has 6 heteroatoms. The Morgan fingerprint density at radius 2 is 1.70 bits per heavy atom. The fourth-order valence-electron chi connectivity index (χ4n) is 3.02. The van der Waals surface area contributed by atoms with Crippen LogP contribution in [0.1, 0.15) is 27.4 Å². The highest BCUT2D eigenvalue weighted by atomic mass is 16.5. The molecule has 30 heavy (non-hydrogen) atoms. The Kier molecular flexibility index (Phi) is 5.85. The van der Waals surface area contributed by atoms with Crippen LogP contribution >= 0.6 is 0 Å². The molecule has 0 spiro atoms. The lowest BCUT2D eigenvalue weighted by atomic mass is 10.1. The molecule has 0 saturated heterocycles. The summed E-state index contributed by atoms with van der Waals surface area (Å²) in [5, 5.41) is 6.93. The molecule has 6 nitrogen and oxygen atoms in total. The molecule has 0 aliphatic carbocycles. The number of hydrogen-bond donors (Lipinski definition) is 1. The zero-order valence-corrected chi connectivity index (χ0v) is 16.5. The van der Waals surface area contributed by atoms with Gasteiger partial charge in [-0.25, -0.2) is 0 Å². The maximum absolute atomic E-state index is 12.7. The second kappa shape index (κ2) is 9.05. The molecule has 4 aromatic rings. The van der Waals surface area contributed by atoms with E-state index in [-0.39, 0.29) is 12.5 Å². The van der Waals surface area contributed by atoms with Crippen molar-refractivity contribution < 1.29 is 14.1 Å². The number of nitrogens with one attached hydrogen (secondary N) is 1. The predicted molar refractivity (Wildman–Crippen MR) is 113 cm³/mol. The zero-order chi connectivity index (χ0) is 20.8.